The summed E-state index contributed by atoms with van der Waals surface area (Å²) in [6.45, 7) is 0. The van der Waals surface area contributed by atoms with Gasteiger partial charge >= 0.3 is 0 Å². The van der Waals surface area contributed by atoms with Gasteiger partial charge < -0.3 is 11.5 Å². The summed E-state index contributed by atoms with van der Waals surface area (Å²) in [5.41, 5.74) is 12.5. The Hall–Kier alpha value is -2.17. The zero-order chi connectivity index (χ0) is 11.5. The lowest BCUT2D eigenvalue weighted by Crippen LogP contribution is -2.04. The molecule has 82 valence electrons. The van der Waals surface area contributed by atoms with Crippen molar-refractivity contribution in [1.29, 1.82) is 0 Å². The number of aromatic nitrogens is 2. The van der Waals surface area contributed by atoms with Crippen LogP contribution in [0.1, 0.15) is 11.3 Å². The highest BCUT2D eigenvalue weighted by Gasteiger charge is 2.05. The van der Waals surface area contributed by atoms with Gasteiger partial charge in [-0.3, -0.25) is 0 Å². The molecule has 0 amide bonds. The van der Waals surface area contributed by atoms with Gasteiger partial charge in [-0.1, -0.05) is 18.2 Å². The molecule has 1 aromatic carbocycles. The average molecular weight is 218 g/mol. The van der Waals surface area contributed by atoms with E-state index in [1.807, 2.05) is 0 Å². The zero-order valence-electron chi connectivity index (χ0n) is 8.52. The van der Waals surface area contributed by atoms with E-state index in [0.29, 0.717) is 23.4 Å². The topological polar surface area (TPSA) is 77.8 Å². The quantitative estimate of drug-likeness (QED) is 0.798. The first kappa shape index (κ1) is 10.4. The van der Waals surface area contributed by atoms with Crippen LogP contribution in [0.25, 0.3) is 0 Å². The van der Waals surface area contributed by atoms with Gasteiger partial charge in [0.15, 0.2) is 5.82 Å². The zero-order valence-corrected chi connectivity index (χ0v) is 8.52. The fourth-order valence-electron chi connectivity index (χ4n) is 1.38. The summed E-state index contributed by atoms with van der Waals surface area (Å²) in [6, 6.07) is 8.12. The van der Waals surface area contributed by atoms with Crippen LogP contribution >= 0.6 is 0 Å². The molecule has 0 fully saturated rings. The predicted molar refractivity (Wildman–Crippen MR) is 60.1 cm³/mol. The fourth-order valence-corrected chi connectivity index (χ4v) is 1.38. The molecule has 0 aliphatic carbocycles. The van der Waals surface area contributed by atoms with Crippen molar-refractivity contribution in [3.05, 3.63) is 47.4 Å². The Morgan fingerprint density at radius 3 is 2.56 bits per heavy atom. The first-order chi connectivity index (χ1) is 7.66. The molecule has 0 bridgehead atoms. The van der Waals surface area contributed by atoms with Crippen molar-refractivity contribution < 1.29 is 4.39 Å². The van der Waals surface area contributed by atoms with Crippen LogP contribution in [-0.2, 0) is 6.42 Å². The van der Waals surface area contributed by atoms with Crippen molar-refractivity contribution in [2.45, 2.75) is 6.42 Å². The maximum absolute atomic E-state index is 13.4. The lowest BCUT2D eigenvalue weighted by atomic mass is 10.1. The molecule has 1 heterocycles. The van der Waals surface area contributed by atoms with Gasteiger partial charge in [0.1, 0.15) is 5.82 Å². The molecule has 0 unspecified atom stereocenters. The molecular formula is C11H11FN4. The maximum atomic E-state index is 13.4. The minimum absolute atomic E-state index is 0.192. The Bertz CT molecular complexity index is 513. The van der Waals surface area contributed by atoms with Gasteiger partial charge in [0.2, 0.25) is 0 Å². The van der Waals surface area contributed by atoms with E-state index in [2.05, 4.69) is 10.2 Å². The number of halogens is 1. The van der Waals surface area contributed by atoms with Crippen LogP contribution < -0.4 is 11.5 Å². The summed E-state index contributed by atoms with van der Waals surface area (Å²) in [5, 5.41) is 7.54. The minimum atomic E-state index is -0.264. The monoisotopic (exact) mass is 218 g/mol. The SMILES string of the molecule is Nc1cc(Cc2ccccc2F)nnc1N. The normalized spacial score (nSPS) is 10.3. The first-order valence-electron chi connectivity index (χ1n) is 4.78. The van der Waals surface area contributed by atoms with E-state index in [-0.39, 0.29) is 11.6 Å². The highest BCUT2D eigenvalue weighted by atomic mass is 19.1. The number of hydrogen-bond acceptors (Lipinski definition) is 4. The number of nitrogen functional groups attached to an aromatic ring is 2. The van der Waals surface area contributed by atoms with E-state index >= 15 is 0 Å². The molecular weight excluding hydrogens is 207 g/mol. The molecule has 2 rings (SSSR count). The summed E-state index contributed by atoms with van der Waals surface area (Å²) < 4.78 is 13.4. The Labute approximate surface area is 92.1 Å². The van der Waals surface area contributed by atoms with E-state index in [0.717, 1.165) is 0 Å². The van der Waals surface area contributed by atoms with Crippen molar-refractivity contribution in [2.24, 2.45) is 0 Å². The number of rotatable bonds is 2. The summed E-state index contributed by atoms with van der Waals surface area (Å²) in [4.78, 5) is 0. The van der Waals surface area contributed by atoms with Crippen LogP contribution in [0.15, 0.2) is 30.3 Å². The molecule has 16 heavy (non-hydrogen) atoms. The van der Waals surface area contributed by atoms with Crippen molar-refractivity contribution in [3.8, 4) is 0 Å². The molecule has 0 aliphatic rings. The minimum Gasteiger partial charge on any atom is -0.396 e. The number of anilines is 2. The smallest absolute Gasteiger partial charge is 0.169 e. The van der Waals surface area contributed by atoms with Crippen molar-refractivity contribution in [2.75, 3.05) is 11.5 Å². The van der Waals surface area contributed by atoms with Gasteiger partial charge in [0, 0.05) is 6.42 Å². The third-order valence-corrected chi connectivity index (χ3v) is 2.23. The van der Waals surface area contributed by atoms with E-state index < -0.39 is 0 Å². The number of nitrogens with two attached hydrogens (primary N) is 2. The molecule has 1 aromatic heterocycles. The van der Waals surface area contributed by atoms with Crippen LogP contribution in [0.2, 0.25) is 0 Å². The summed E-state index contributed by atoms with van der Waals surface area (Å²) in [6.07, 6.45) is 0.351. The van der Waals surface area contributed by atoms with E-state index in [1.165, 1.54) is 6.07 Å². The van der Waals surface area contributed by atoms with Gasteiger partial charge in [-0.2, -0.15) is 5.10 Å². The van der Waals surface area contributed by atoms with E-state index in [4.69, 9.17) is 11.5 Å². The fraction of sp³-hybridized carbons (Fsp3) is 0.0909. The second-order valence-corrected chi connectivity index (χ2v) is 3.44. The first-order valence-corrected chi connectivity index (χ1v) is 4.78. The van der Waals surface area contributed by atoms with Gasteiger partial charge in [0.05, 0.1) is 11.4 Å². The van der Waals surface area contributed by atoms with Gasteiger partial charge in [-0.15, -0.1) is 5.10 Å². The van der Waals surface area contributed by atoms with Gasteiger partial charge in [-0.05, 0) is 17.7 Å². The van der Waals surface area contributed by atoms with Crippen molar-refractivity contribution in [1.82, 2.24) is 10.2 Å². The molecule has 4 nitrogen and oxygen atoms in total. The van der Waals surface area contributed by atoms with Crippen LogP contribution in [0.5, 0.6) is 0 Å². The lowest BCUT2D eigenvalue weighted by molar-refractivity contribution is 0.613. The Morgan fingerprint density at radius 2 is 1.88 bits per heavy atom. The standard InChI is InChI=1S/C11H11FN4/c12-9-4-2-1-3-7(9)5-8-6-10(13)11(14)16-15-8/h1-4,6H,5H2,(H2,13,15)(H2,14,16). The predicted octanol–water partition coefficient (Wildman–Crippen LogP) is 1.37. The van der Waals surface area contributed by atoms with Gasteiger partial charge in [0.25, 0.3) is 0 Å². The number of nitrogens with zero attached hydrogens (tertiary/aromatic N) is 2. The van der Waals surface area contributed by atoms with E-state index in [1.54, 1.807) is 24.3 Å². The molecule has 0 saturated heterocycles. The Balaban J connectivity index is 2.28. The highest BCUT2D eigenvalue weighted by Crippen LogP contribution is 2.15. The molecule has 0 atom stereocenters. The lowest BCUT2D eigenvalue weighted by Gasteiger charge is -2.03. The molecule has 5 heteroatoms. The molecule has 0 aliphatic heterocycles. The molecule has 4 N–H and O–H groups in total. The van der Waals surface area contributed by atoms with Crippen LogP contribution in [0, 0.1) is 5.82 Å². The van der Waals surface area contributed by atoms with Crippen molar-refractivity contribution >= 4 is 11.5 Å². The second kappa shape index (κ2) is 4.14. The number of hydrogen-bond donors (Lipinski definition) is 2. The third-order valence-electron chi connectivity index (χ3n) is 2.23. The Morgan fingerprint density at radius 1 is 1.12 bits per heavy atom. The van der Waals surface area contributed by atoms with Crippen LogP contribution in [0.4, 0.5) is 15.9 Å². The van der Waals surface area contributed by atoms with Crippen LogP contribution in [0.3, 0.4) is 0 Å². The van der Waals surface area contributed by atoms with Gasteiger partial charge in [-0.25, -0.2) is 4.39 Å². The molecule has 0 spiro atoms. The number of benzene rings is 1. The largest absolute Gasteiger partial charge is 0.396 e. The maximum Gasteiger partial charge on any atom is 0.169 e. The third kappa shape index (κ3) is 2.08. The average Bonchev–Trinajstić information content (AvgIpc) is 2.27. The summed E-state index contributed by atoms with van der Waals surface area (Å²) >= 11 is 0. The van der Waals surface area contributed by atoms with Crippen LogP contribution in [-0.4, -0.2) is 10.2 Å². The summed E-state index contributed by atoms with van der Waals surface area (Å²) in [7, 11) is 0. The summed E-state index contributed by atoms with van der Waals surface area (Å²) in [5.74, 6) is -0.0722. The Kier molecular flexibility index (Phi) is 2.68. The molecule has 0 saturated carbocycles. The highest BCUT2D eigenvalue weighted by molar-refractivity contribution is 5.57. The molecule has 2 aromatic rings. The molecule has 0 radical (unpaired) electrons. The van der Waals surface area contributed by atoms with E-state index in [9.17, 15) is 4.39 Å². The van der Waals surface area contributed by atoms with Crippen molar-refractivity contribution in [3.63, 3.8) is 0 Å². The second-order valence-electron chi connectivity index (χ2n) is 3.44.